The number of carbonyl (C=O) groups excluding carboxylic acids is 4. The molecule has 1 fully saturated rings. The highest BCUT2D eigenvalue weighted by Crippen LogP contribution is 2.11. The first kappa shape index (κ1) is 12.4. The van der Waals surface area contributed by atoms with Gasteiger partial charge in [0.2, 0.25) is 11.8 Å². The molecule has 1 aliphatic heterocycles. The quantitative estimate of drug-likeness (QED) is 0.364. The molecule has 0 radical (unpaired) electrons. The normalized spacial score (nSPS) is 15.4. The van der Waals surface area contributed by atoms with Crippen LogP contribution in [-0.4, -0.2) is 41.6 Å². The molecule has 1 aliphatic rings. The molecule has 1 heterocycles. The molecule has 0 unspecified atom stereocenters. The fourth-order valence-corrected chi connectivity index (χ4v) is 1.40. The number of rotatable bonds is 5. The zero-order chi connectivity index (χ0) is 12.1. The van der Waals surface area contributed by atoms with Gasteiger partial charge >= 0.3 is 5.97 Å². The predicted molar refractivity (Wildman–Crippen MR) is 52.2 cm³/mol. The van der Waals surface area contributed by atoms with Crippen molar-refractivity contribution < 1.29 is 23.9 Å². The lowest BCUT2D eigenvalue weighted by Crippen LogP contribution is -2.35. The van der Waals surface area contributed by atoms with Crippen LogP contribution in [0.15, 0.2) is 0 Å². The number of hydrogen-bond donors (Lipinski definition) is 0. The summed E-state index contributed by atoms with van der Waals surface area (Å²) < 4.78 is 4.58. The van der Waals surface area contributed by atoms with Gasteiger partial charge in [-0.1, -0.05) is 0 Å². The van der Waals surface area contributed by atoms with E-state index in [2.05, 4.69) is 4.74 Å². The van der Waals surface area contributed by atoms with Crippen molar-refractivity contribution in [3.63, 3.8) is 0 Å². The largest absolute Gasteiger partial charge is 0.466 e. The standard InChI is InChI=1S/C10H13NO5/c1-2-16-10(15)5-7(12)6-11-8(13)3-4-9(11)14/h2-6H2,1H3. The second-order valence-electron chi connectivity index (χ2n) is 3.39. The summed E-state index contributed by atoms with van der Waals surface area (Å²) >= 11 is 0. The molecule has 6 nitrogen and oxygen atoms in total. The third-order valence-electron chi connectivity index (χ3n) is 2.14. The summed E-state index contributed by atoms with van der Waals surface area (Å²) in [7, 11) is 0. The molecule has 1 saturated heterocycles. The van der Waals surface area contributed by atoms with Crippen molar-refractivity contribution >= 4 is 23.6 Å². The summed E-state index contributed by atoms with van der Waals surface area (Å²) in [5, 5.41) is 0. The van der Waals surface area contributed by atoms with Crippen LogP contribution in [0.25, 0.3) is 0 Å². The Labute approximate surface area is 92.5 Å². The molecule has 88 valence electrons. The van der Waals surface area contributed by atoms with E-state index in [0.717, 1.165) is 4.90 Å². The topological polar surface area (TPSA) is 80.8 Å². The molecular weight excluding hydrogens is 214 g/mol. The average molecular weight is 227 g/mol. The van der Waals surface area contributed by atoms with Gasteiger partial charge in [0, 0.05) is 12.8 Å². The summed E-state index contributed by atoms with van der Waals surface area (Å²) in [6.07, 6.45) is -0.109. The summed E-state index contributed by atoms with van der Waals surface area (Å²) in [6, 6.07) is 0. The SMILES string of the molecule is CCOC(=O)CC(=O)CN1C(=O)CCC1=O. The fourth-order valence-electron chi connectivity index (χ4n) is 1.40. The van der Waals surface area contributed by atoms with Gasteiger partial charge < -0.3 is 4.74 Å². The number of ketones is 1. The van der Waals surface area contributed by atoms with Crippen molar-refractivity contribution in [1.82, 2.24) is 4.90 Å². The van der Waals surface area contributed by atoms with Crippen LogP contribution in [0.2, 0.25) is 0 Å². The van der Waals surface area contributed by atoms with Crippen LogP contribution in [0.3, 0.4) is 0 Å². The van der Waals surface area contributed by atoms with Gasteiger partial charge in [-0.05, 0) is 6.92 Å². The molecule has 0 aromatic carbocycles. The van der Waals surface area contributed by atoms with Crippen molar-refractivity contribution in [2.45, 2.75) is 26.2 Å². The minimum absolute atomic E-state index is 0.144. The zero-order valence-electron chi connectivity index (χ0n) is 9.02. The van der Waals surface area contributed by atoms with E-state index < -0.39 is 18.2 Å². The van der Waals surface area contributed by atoms with E-state index in [1.165, 1.54) is 0 Å². The first-order chi connectivity index (χ1) is 7.54. The Kier molecular flexibility index (Phi) is 4.16. The molecule has 0 atom stereocenters. The number of hydrogen-bond acceptors (Lipinski definition) is 5. The smallest absolute Gasteiger partial charge is 0.313 e. The van der Waals surface area contributed by atoms with Crippen LogP contribution in [0.5, 0.6) is 0 Å². The Morgan fingerprint density at radius 3 is 2.31 bits per heavy atom. The Balaban J connectivity index is 2.42. The molecule has 16 heavy (non-hydrogen) atoms. The maximum atomic E-state index is 11.3. The molecule has 2 amide bonds. The van der Waals surface area contributed by atoms with Gasteiger partial charge in [0.15, 0.2) is 5.78 Å². The van der Waals surface area contributed by atoms with Crippen LogP contribution in [0.1, 0.15) is 26.2 Å². The van der Waals surface area contributed by atoms with Gasteiger partial charge in [0.1, 0.15) is 6.42 Å². The highest BCUT2D eigenvalue weighted by Gasteiger charge is 2.30. The Bertz CT molecular complexity index is 320. The molecule has 0 aromatic rings. The maximum absolute atomic E-state index is 11.3. The van der Waals surface area contributed by atoms with Crippen LogP contribution in [-0.2, 0) is 23.9 Å². The van der Waals surface area contributed by atoms with Crippen molar-refractivity contribution in [3.05, 3.63) is 0 Å². The molecule has 0 bridgehead atoms. The molecule has 0 aliphatic carbocycles. The number of imide groups is 1. The first-order valence-electron chi connectivity index (χ1n) is 5.05. The number of nitrogens with zero attached hydrogens (tertiary/aromatic N) is 1. The Morgan fingerprint density at radius 1 is 1.25 bits per heavy atom. The molecule has 6 heteroatoms. The number of amides is 2. The Hall–Kier alpha value is -1.72. The highest BCUT2D eigenvalue weighted by atomic mass is 16.5. The summed E-state index contributed by atoms with van der Waals surface area (Å²) in [4.78, 5) is 45.5. The second kappa shape index (κ2) is 5.39. The van der Waals surface area contributed by atoms with Gasteiger partial charge in [-0.3, -0.25) is 24.1 Å². The van der Waals surface area contributed by atoms with E-state index in [-0.39, 0.29) is 37.8 Å². The minimum Gasteiger partial charge on any atom is -0.466 e. The second-order valence-corrected chi connectivity index (χ2v) is 3.39. The van der Waals surface area contributed by atoms with Crippen LogP contribution in [0, 0.1) is 0 Å². The number of esters is 1. The number of ether oxygens (including phenoxy) is 1. The molecule has 0 saturated carbocycles. The molecule has 0 N–H and O–H groups in total. The van der Waals surface area contributed by atoms with E-state index in [9.17, 15) is 19.2 Å². The van der Waals surface area contributed by atoms with Gasteiger partial charge in [-0.15, -0.1) is 0 Å². The summed E-state index contributed by atoms with van der Waals surface area (Å²) in [6.45, 7) is 1.51. The number of likely N-dealkylation sites (tertiary alicyclic amines) is 1. The van der Waals surface area contributed by atoms with E-state index in [1.54, 1.807) is 6.92 Å². The third-order valence-corrected chi connectivity index (χ3v) is 2.14. The fraction of sp³-hybridized carbons (Fsp3) is 0.600. The molecular formula is C10H13NO5. The van der Waals surface area contributed by atoms with Gasteiger partial charge in [-0.25, -0.2) is 0 Å². The van der Waals surface area contributed by atoms with Crippen LogP contribution < -0.4 is 0 Å². The zero-order valence-corrected chi connectivity index (χ0v) is 9.02. The summed E-state index contributed by atoms with van der Waals surface area (Å²) in [5.74, 6) is -1.84. The van der Waals surface area contributed by atoms with E-state index in [1.807, 2.05) is 0 Å². The monoisotopic (exact) mass is 227 g/mol. The van der Waals surface area contributed by atoms with E-state index in [4.69, 9.17) is 0 Å². The molecule has 0 spiro atoms. The predicted octanol–water partition coefficient (Wildman–Crippen LogP) is -0.342. The lowest BCUT2D eigenvalue weighted by molar-refractivity contribution is -0.148. The van der Waals surface area contributed by atoms with Crippen LogP contribution in [0.4, 0.5) is 0 Å². The van der Waals surface area contributed by atoms with Crippen molar-refractivity contribution in [2.75, 3.05) is 13.2 Å². The average Bonchev–Trinajstić information content (AvgIpc) is 2.49. The van der Waals surface area contributed by atoms with Crippen molar-refractivity contribution in [3.8, 4) is 0 Å². The van der Waals surface area contributed by atoms with Gasteiger partial charge in [-0.2, -0.15) is 0 Å². The molecule has 0 aromatic heterocycles. The van der Waals surface area contributed by atoms with Crippen molar-refractivity contribution in [2.24, 2.45) is 0 Å². The first-order valence-corrected chi connectivity index (χ1v) is 5.05. The summed E-state index contributed by atoms with van der Waals surface area (Å²) in [5.41, 5.74) is 0. The maximum Gasteiger partial charge on any atom is 0.313 e. The van der Waals surface area contributed by atoms with E-state index >= 15 is 0 Å². The molecule has 1 rings (SSSR count). The van der Waals surface area contributed by atoms with Gasteiger partial charge in [0.25, 0.3) is 0 Å². The number of Topliss-reactive ketones (excluding diaryl/α,β-unsaturated/α-hetero) is 1. The lowest BCUT2D eigenvalue weighted by Gasteiger charge is -2.11. The van der Waals surface area contributed by atoms with E-state index in [0.29, 0.717) is 0 Å². The van der Waals surface area contributed by atoms with Gasteiger partial charge in [0.05, 0.1) is 13.2 Å². The lowest BCUT2D eigenvalue weighted by atomic mass is 10.2. The number of carbonyl (C=O) groups is 4. The third kappa shape index (κ3) is 3.15. The van der Waals surface area contributed by atoms with Crippen LogP contribution >= 0.6 is 0 Å². The highest BCUT2D eigenvalue weighted by molar-refractivity contribution is 6.06. The minimum atomic E-state index is -0.633. The Morgan fingerprint density at radius 2 is 1.81 bits per heavy atom. The van der Waals surface area contributed by atoms with Crippen molar-refractivity contribution in [1.29, 1.82) is 0 Å².